The molecule has 0 radical (unpaired) electrons. The lowest BCUT2D eigenvalue weighted by molar-refractivity contribution is -0.139. The molecule has 0 fully saturated rings. The van der Waals surface area contributed by atoms with E-state index in [1.807, 2.05) is 58.9 Å². The van der Waals surface area contributed by atoms with Crippen LogP contribution in [-0.2, 0) is 9.53 Å². The van der Waals surface area contributed by atoms with Gasteiger partial charge in [-0.3, -0.25) is 4.79 Å². The molecule has 0 aromatic heterocycles. The average molecular weight is 279 g/mol. The van der Waals surface area contributed by atoms with Crippen LogP contribution in [0.15, 0.2) is 24.3 Å². The van der Waals surface area contributed by atoms with Crippen LogP contribution < -0.4 is 10.1 Å². The van der Waals surface area contributed by atoms with Crippen LogP contribution >= 0.6 is 0 Å². The topological polar surface area (TPSA) is 47.6 Å². The van der Waals surface area contributed by atoms with Crippen molar-refractivity contribution in [1.29, 1.82) is 0 Å². The summed E-state index contributed by atoms with van der Waals surface area (Å²) in [6, 6.07) is 7.36. The Morgan fingerprint density at radius 3 is 2.30 bits per heavy atom. The van der Waals surface area contributed by atoms with Gasteiger partial charge in [-0.1, -0.05) is 6.92 Å². The van der Waals surface area contributed by atoms with Crippen molar-refractivity contribution in [2.24, 2.45) is 0 Å². The fourth-order valence-corrected chi connectivity index (χ4v) is 1.80. The first-order valence-corrected chi connectivity index (χ1v) is 7.13. The summed E-state index contributed by atoms with van der Waals surface area (Å²) >= 11 is 0. The van der Waals surface area contributed by atoms with Gasteiger partial charge in [-0.15, -0.1) is 0 Å². The summed E-state index contributed by atoms with van der Waals surface area (Å²) in [7, 11) is 0. The molecule has 0 aliphatic heterocycles. The molecule has 4 heteroatoms. The zero-order chi connectivity index (χ0) is 15.2. The van der Waals surface area contributed by atoms with Gasteiger partial charge in [0, 0.05) is 12.3 Å². The number of ether oxygens (including phenoxy) is 2. The normalized spacial score (nSPS) is 13.9. The lowest BCUT2D eigenvalue weighted by Gasteiger charge is -2.26. The number of carbonyl (C=O) groups excluding carboxylic acids is 1. The van der Waals surface area contributed by atoms with Crippen molar-refractivity contribution in [3.8, 4) is 5.75 Å². The Hall–Kier alpha value is -1.55. The van der Waals surface area contributed by atoms with Crippen LogP contribution in [0.4, 0.5) is 5.69 Å². The van der Waals surface area contributed by atoms with E-state index in [1.54, 1.807) is 0 Å². The third-order valence-electron chi connectivity index (χ3n) is 3.10. The van der Waals surface area contributed by atoms with Crippen LogP contribution in [0.1, 0.15) is 41.0 Å². The van der Waals surface area contributed by atoms with Gasteiger partial charge in [0.25, 0.3) is 5.91 Å². The summed E-state index contributed by atoms with van der Waals surface area (Å²) in [4.78, 5) is 12.3. The maximum atomic E-state index is 12.3. The highest BCUT2D eigenvalue weighted by atomic mass is 16.5. The number of nitrogens with one attached hydrogen (secondary N) is 1. The molecule has 0 bridgehead atoms. The van der Waals surface area contributed by atoms with Gasteiger partial charge in [0.15, 0.2) is 0 Å². The summed E-state index contributed by atoms with van der Waals surface area (Å²) in [5, 5.41) is 2.88. The number of hydrogen-bond acceptors (Lipinski definition) is 3. The van der Waals surface area contributed by atoms with Crippen LogP contribution in [0.5, 0.6) is 5.75 Å². The van der Waals surface area contributed by atoms with Crippen molar-refractivity contribution in [2.45, 2.75) is 52.7 Å². The molecular formula is C16H25NO3. The first-order chi connectivity index (χ1) is 9.41. The Kier molecular flexibility index (Phi) is 6.02. The molecule has 0 unspecified atom stereocenters. The zero-order valence-electron chi connectivity index (χ0n) is 13.0. The number of rotatable bonds is 7. The summed E-state index contributed by atoms with van der Waals surface area (Å²) in [6.07, 6.45) is 0.762. The van der Waals surface area contributed by atoms with Gasteiger partial charge >= 0.3 is 0 Å². The molecule has 0 aliphatic carbocycles. The number of hydrogen-bond donors (Lipinski definition) is 1. The maximum absolute atomic E-state index is 12.3. The molecule has 1 aromatic rings. The average Bonchev–Trinajstić information content (AvgIpc) is 2.40. The Balaban J connectivity index is 2.70. The van der Waals surface area contributed by atoms with Crippen molar-refractivity contribution in [2.75, 3.05) is 11.9 Å². The minimum absolute atomic E-state index is 0.126. The summed E-state index contributed by atoms with van der Waals surface area (Å²) in [6.45, 7) is 10.1. The van der Waals surface area contributed by atoms with Gasteiger partial charge in [0.1, 0.15) is 11.4 Å². The lowest BCUT2D eigenvalue weighted by Crippen LogP contribution is -2.42. The van der Waals surface area contributed by atoms with E-state index in [9.17, 15) is 4.79 Å². The quantitative estimate of drug-likeness (QED) is 0.829. The van der Waals surface area contributed by atoms with E-state index in [2.05, 4.69) is 5.32 Å². The van der Waals surface area contributed by atoms with E-state index >= 15 is 0 Å². The Morgan fingerprint density at radius 2 is 1.85 bits per heavy atom. The second-order valence-electron chi connectivity index (χ2n) is 5.16. The summed E-state index contributed by atoms with van der Waals surface area (Å²) < 4.78 is 11.1. The van der Waals surface area contributed by atoms with E-state index in [0.717, 1.165) is 11.4 Å². The minimum atomic E-state index is -0.790. The first kappa shape index (κ1) is 16.5. The molecule has 0 spiro atoms. The summed E-state index contributed by atoms with van der Waals surface area (Å²) in [5.41, 5.74) is -0.0486. The third kappa shape index (κ3) is 4.53. The lowest BCUT2D eigenvalue weighted by atomic mass is 10.0. The van der Waals surface area contributed by atoms with Crippen molar-refractivity contribution in [3.05, 3.63) is 24.3 Å². The number of benzene rings is 1. The van der Waals surface area contributed by atoms with Gasteiger partial charge in [-0.2, -0.15) is 0 Å². The third-order valence-corrected chi connectivity index (χ3v) is 3.10. The highest BCUT2D eigenvalue weighted by Gasteiger charge is 2.31. The molecule has 112 valence electrons. The van der Waals surface area contributed by atoms with Crippen LogP contribution in [0.3, 0.4) is 0 Å². The molecule has 0 saturated heterocycles. The molecule has 1 rings (SSSR count). The summed E-state index contributed by atoms with van der Waals surface area (Å²) in [5.74, 6) is 0.667. The molecule has 1 N–H and O–H groups in total. The van der Waals surface area contributed by atoms with Crippen molar-refractivity contribution >= 4 is 11.6 Å². The zero-order valence-corrected chi connectivity index (χ0v) is 13.0. The van der Waals surface area contributed by atoms with Crippen LogP contribution in [0.25, 0.3) is 0 Å². The molecule has 1 amide bonds. The van der Waals surface area contributed by atoms with Gasteiger partial charge < -0.3 is 14.8 Å². The van der Waals surface area contributed by atoms with E-state index in [0.29, 0.717) is 13.0 Å². The second kappa shape index (κ2) is 7.29. The largest absolute Gasteiger partial charge is 0.491 e. The van der Waals surface area contributed by atoms with E-state index in [-0.39, 0.29) is 12.0 Å². The standard InChI is InChI=1S/C16H25NO3/c1-6-16(5,19-7-2)15(18)17-13-8-10-14(11-9-13)20-12(3)4/h8-12H,6-7H2,1-5H3,(H,17,18)/t16-/m0/s1. The molecule has 1 aromatic carbocycles. The van der Waals surface area contributed by atoms with Crippen LogP contribution in [0.2, 0.25) is 0 Å². The van der Waals surface area contributed by atoms with E-state index in [1.165, 1.54) is 0 Å². The second-order valence-corrected chi connectivity index (χ2v) is 5.16. The Labute approximate surface area is 121 Å². The molecule has 20 heavy (non-hydrogen) atoms. The van der Waals surface area contributed by atoms with Crippen LogP contribution in [0, 0.1) is 0 Å². The highest BCUT2D eigenvalue weighted by Crippen LogP contribution is 2.21. The van der Waals surface area contributed by atoms with Crippen molar-refractivity contribution in [1.82, 2.24) is 0 Å². The molecular weight excluding hydrogens is 254 g/mol. The van der Waals surface area contributed by atoms with Crippen LogP contribution in [-0.4, -0.2) is 24.2 Å². The number of anilines is 1. The molecule has 4 nitrogen and oxygen atoms in total. The molecule has 0 saturated carbocycles. The van der Waals surface area contributed by atoms with Gasteiger partial charge in [-0.05, 0) is 58.4 Å². The fraction of sp³-hybridized carbons (Fsp3) is 0.562. The van der Waals surface area contributed by atoms with Gasteiger partial charge in [0.05, 0.1) is 6.10 Å². The Morgan fingerprint density at radius 1 is 1.25 bits per heavy atom. The number of amides is 1. The molecule has 1 atom stereocenters. The minimum Gasteiger partial charge on any atom is -0.491 e. The SMILES string of the molecule is CCO[C@@](C)(CC)C(=O)Nc1ccc(OC(C)C)cc1. The molecule has 0 aliphatic rings. The van der Waals surface area contributed by atoms with Crippen molar-refractivity contribution in [3.63, 3.8) is 0 Å². The molecule has 0 heterocycles. The van der Waals surface area contributed by atoms with Gasteiger partial charge in [-0.25, -0.2) is 0 Å². The smallest absolute Gasteiger partial charge is 0.256 e. The maximum Gasteiger partial charge on any atom is 0.256 e. The highest BCUT2D eigenvalue weighted by molar-refractivity contribution is 5.97. The predicted octanol–water partition coefficient (Wildman–Crippen LogP) is 3.62. The van der Waals surface area contributed by atoms with E-state index in [4.69, 9.17) is 9.47 Å². The first-order valence-electron chi connectivity index (χ1n) is 7.13. The number of carbonyl (C=O) groups is 1. The van der Waals surface area contributed by atoms with Crippen molar-refractivity contribution < 1.29 is 14.3 Å². The van der Waals surface area contributed by atoms with Gasteiger partial charge in [0.2, 0.25) is 0 Å². The predicted molar refractivity (Wildman–Crippen MR) is 81.2 cm³/mol. The fourth-order valence-electron chi connectivity index (χ4n) is 1.80. The Bertz CT molecular complexity index is 428. The monoisotopic (exact) mass is 279 g/mol. The van der Waals surface area contributed by atoms with E-state index < -0.39 is 5.60 Å².